The van der Waals surface area contributed by atoms with Crippen LogP contribution in [0.2, 0.25) is 0 Å². The van der Waals surface area contributed by atoms with E-state index in [1.54, 1.807) is 0 Å². The van der Waals surface area contributed by atoms with Crippen LogP contribution in [-0.4, -0.2) is 4.57 Å². The van der Waals surface area contributed by atoms with Crippen molar-refractivity contribution in [3.8, 4) is 61.5 Å². The summed E-state index contributed by atoms with van der Waals surface area (Å²) in [5, 5.41) is 8.90. The molecule has 12 aromatic rings. The van der Waals surface area contributed by atoms with Gasteiger partial charge in [-0.05, 0) is 137 Å². The van der Waals surface area contributed by atoms with E-state index in [1.165, 1.54) is 93.4 Å². The molecule has 0 fully saturated rings. The zero-order valence-electron chi connectivity index (χ0n) is 35.0. The van der Waals surface area contributed by atoms with E-state index in [2.05, 4.69) is 252 Å². The van der Waals surface area contributed by atoms with Gasteiger partial charge in [0.25, 0.3) is 0 Å². The Bertz CT molecular complexity index is 3690. The van der Waals surface area contributed by atoms with Crippen LogP contribution in [0.25, 0.3) is 105 Å². The van der Waals surface area contributed by atoms with Crippen LogP contribution >= 0.6 is 0 Å². The fraction of sp³-hybridized carbons (Fsp3) is 0. The second-order valence-electron chi connectivity index (χ2n) is 16.9. The SMILES string of the molecule is c1ccc(-c2c(-c3ccc(N(c4cccc(-c5ccc6c(ccc7ccccc76)c5)c4)c4ccc5c(c4)-c4cccc6cccc-5c46)cc3)n(-c3ccccc3)c3ccccc23)cc1. The highest BCUT2D eigenvalue weighted by atomic mass is 15.1. The van der Waals surface area contributed by atoms with E-state index in [0.717, 1.165) is 28.3 Å². The van der Waals surface area contributed by atoms with Gasteiger partial charge in [-0.3, -0.25) is 0 Å². The van der Waals surface area contributed by atoms with E-state index in [0.29, 0.717) is 0 Å². The number of hydrogen-bond acceptors (Lipinski definition) is 1. The Labute approximate surface area is 372 Å². The summed E-state index contributed by atoms with van der Waals surface area (Å²) in [6.07, 6.45) is 0. The van der Waals surface area contributed by atoms with Crippen molar-refractivity contribution in [3.63, 3.8) is 0 Å². The fourth-order valence-electron chi connectivity index (χ4n) is 10.4. The topological polar surface area (TPSA) is 8.17 Å². The van der Waals surface area contributed by atoms with Crippen LogP contribution < -0.4 is 4.90 Å². The summed E-state index contributed by atoms with van der Waals surface area (Å²) in [5.41, 5.74) is 17.9. The second kappa shape index (κ2) is 14.6. The Morgan fingerprint density at radius 3 is 1.72 bits per heavy atom. The first-order chi connectivity index (χ1) is 31.7. The highest BCUT2D eigenvalue weighted by Crippen LogP contribution is 2.50. The maximum atomic E-state index is 2.43. The summed E-state index contributed by atoms with van der Waals surface area (Å²) in [6, 6.07) is 89.0. The normalized spacial score (nSPS) is 11.8. The van der Waals surface area contributed by atoms with Gasteiger partial charge in [0.1, 0.15) is 0 Å². The van der Waals surface area contributed by atoms with E-state index in [4.69, 9.17) is 0 Å². The zero-order valence-corrected chi connectivity index (χ0v) is 35.0. The lowest BCUT2D eigenvalue weighted by Gasteiger charge is -2.27. The molecule has 0 spiro atoms. The standard InChI is InChI=1S/C62H40N2/c1-3-15-43(16-4-1)61-57-24-9-10-27-59(57)64(48-20-5-2-6-21-48)62(61)44-30-33-49(34-31-44)63(51-35-37-54-55-25-12-17-42-18-13-26-56(60(42)55)58(54)40-51)50-22-11-19-45(39-50)46-32-36-53-47(38-46)29-28-41-14-7-8-23-52(41)53/h1-40H. The van der Waals surface area contributed by atoms with Crippen molar-refractivity contribution in [3.05, 3.63) is 243 Å². The average molecular weight is 813 g/mol. The molecular formula is C62H40N2. The minimum Gasteiger partial charge on any atom is -0.310 e. The zero-order chi connectivity index (χ0) is 42.1. The molecule has 0 N–H and O–H groups in total. The van der Waals surface area contributed by atoms with E-state index in [-0.39, 0.29) is 0 Å². The first-order valence-corrected chi connectivity index (χ1v) is 22.1. The number of fused-ring (bicyclic) bond motifs is 7. The first-order valence-electron chi connectivity index (χ1n) is 22.1. The second-order valence-corrected chi connectivity index (χ2v) is 16.9. The minimum absolute atomic E-state index is 1.09. The first kappa shape index (κ1) is 36.2. The lowest BCUT2D eigenvalue weighted by Crippen LogP contribution is -2.10. The highest BCUT2D eigenvalue weighted by molar-refractivity contribution is 6.16. The molecule has 0 saturated carbocycles. The maximum Gasteiger partial charge on any atom is 0.0619 e. The van der Waals surface area contributed by atoms with Crippen molar-refractivity contribution in [1.29, 1.82) is 0 Å². The Morgan fingerprint density at radius 1 is 0.297 bits per heavy atom. The van der Waals surface area contributed by atoms with Crippen molar-refractivity contribution in [2.45, 2.75) is 0 Å². The van der Waals surface area contributed by atoms with Gasteiger partial charge in [0.15, 0.2) is 0 Å². The van der Waals surface area contributed by atoms with Gasteiger partial charge in [-0.2, -0.15) is 0 Å². The number of benzene rings is 11. The molecule has 0 atom stereocenters. The van der Waals surface area contributed by atoms with Crippen molar-refractivity contribution in [2.75, 3.05) is 4.90 Å². The molecule has 64 heavy (non-hydrogen) atoms. The van der Waals surface area contributed by atoms with Gasteiger partial charge in [-0.1, -0.05) is 182 Å². The van der Waals surface area contributed by atoms with Gasteiger partial charge in [-0.15, -0.1) is 0 Å². The van der Waals surface area contributed by atoms with Crippen molar-refractivity contribution in [2.24, 2.45) is 0 Å². The Kier molecular flexibility index (Phi) is 8.25. The monoisotopic (exact) mass is 812 g/mol. The molecule has 1 aliphatic carbocycles. The van der Waals surface area contributed by atoms with E-state index in [9.17, 15) is 0 Å². The van der Waals surface area contributed by atoms with E-state index < -0.39 is 0 Å². The molecule has 13 rings (SSSR count). The van der Waals surface area contributed by atoms with Gasteiger partial charge in [0, 0.05) is 33.7 Å². The quantitative estimate of drug-likeness (QED) is 0.146. The minimum atomic E-state index is 1.09. The molecular weight excluding hydrogens is 773 g/mol. The molecule has 2 heteroatoms. The number of anilines is 3. The molecule has 298 valence electrons. The summed E-state index contributed by atoms with van der Waals surface area (Å²) in [7, 11) is 0. The fourth-order valence-corrected chi connectivity index (χ4v) is 10.4. The van der Waals surface area contributed by atoms with Crippen LogP contribution in [0, 0.1) is 0 Å². The van der Waals surface area contributed by atoms with Gasteiger partial charge >= 0.3 is 0 Å². The molecule has 2 nitrogen and oxygen atoms in total. The lowest BCUT2D eigenvalue weighted by molar-refractivity contribution is 1.13. The molecule has 0 amide bonds. The molecule has 11 aromatic carbocycles. The molecule has 0 saturated heterocycles. The van der Waals surface area contributed by atoms with Crippen molar-refractivity contribution >= 4 is 60.3 Å². The van der Waals surface area contributed by atoms with Gasteiger partial charge < -0.3 is 9.47 Å². The third kappa shape index (κ3) is 5.73. The number of rotatable bonds is 7. The smallest absolute Gasteiger partial charge is 0.0619 e. The summed E-state index contributed by atoms with van der Waals surface area (Å²) in [5.74, 6) is 0. The van der Waals surface area contributed by atoms with Crippen LogP contribution in [0.1, 0.15) is 0 Å². The number of hydrogen-bond donors (Lipinski definition) is 0. The summed E-state index contributed by atoms with van der Waals surface area (Å²) >= 11 is 0. The third-order valence-electron chi connectivity index (χ3n) is 13.3. The number of para-hydroxylation sites is 2. The predicted octanol–water partition coefficient (Wildman–Crippen LogP) is 17.2. The Morgan fingerprint density at radius 2 is 0.891 bits per heavy atom. The van der Waals surface area contributed by atoms with Crippen LogP contribution in [0.3, 0.4) is 0 Å². The van der Waals surface area contributed by atoms with Crippen LogP contribution in [0.5, 0.6) is 0 Å². The van der Waals surface area contributed by atoms with Crippen LogP contribution in [0.4, 0.5) is 17.1 Å². The largest absolute Gasteiger partial charge is 0.310 e. The van der Waals surface area contributed by atoms with Crippen molar-refractivity contribution in [1.82, 2.24) is 4.57 Å². The molecule has 1 aliphatic rings. The molecule has 0 bridgehead atoms. The Balaban J connectivity index is 0.988. The van der Waals surface area contributed by atoms with Crippen LogP contribution in [-0.2, 0) is 0 Å². The van der Waals surface area contributed by atoms with E-state index >= 15 is 0 Å². The lowest BCUT2D eigenvalue weighted by atomic mass is 9.97. The maximum absolute atomic E-state index is 2.43. The van der Waals surface area contributed by atoms with Crippen molar-refractivity contribution < 1.29 is 0 Å². The molecule has 1 heterocycles. The summed E-state index contributed by atoms with van der Waals surface area (Å²) in [6.45, 7) is 0. The number of nitrogens with zero attached hydrogens (tertiary/aromatic N) is 2. The Hall–Kier alpha value is -8.46. The highest BCUT2D eigenvalue weighted by Gasteiger charge is 2.25. The molecule has 0 aliphatic heterocycles. The molecule has 0 radical (unpaired) electrons. The van der Waals surface area contributed by atoms with Crippen LogP contribution in [0.15, 0.2) is 243 Å². The van der Waals surface area contributed by atoms with E-state index in [1.807, 2.05) is 0 Å². The van der Waals surface area contributed by atoms with Gasteiger partial charge in [-0.25, -0.2) is 0 Å². The summed E-state index contributed by atoms with van der Waals surface area (Å²) < 4.78 is 2.43. The van der Waals surface area contributed by atoms with Gasteiger partial charge in [0.05, 0.1) is 11.2 Å². The van der Waals surface area contributed by atoms with Gasteiger partial charge in [0.2, 0.25) is 0 Å². The molecule has 1 aromatic heterocycles. The average Bonchev–Trinajstić information content (AvgIpc) is 3.89. The summed E-state index contributed by atoms with van der Waals surface area (Å²) in [4.78, 5) is 2.43. The predicted molar refractivity (Wildman–Crippen MR) is 271 cm³/mol. The molecule has 0 unspecified atom stereocenters. The third-order valence-corrected chi connectivity index (χ3v) is 13.3. The number of aromatic nitrogens is 1.